The van der Waals surface area contributed by atoms with Crippen LogP contribution in [0.3, 0.4) is 0 Å². The number of unbranched alkanes of at least 4 members (excludes halogenated alkanes) is 17. The summed E-state index contributed by atoms with van der Waals surface area (Å²) in [6, 6.07) is -0.737. The van der Waals surface area contributed by atoms with E-state index in [1.165, 1.54) is 64.2 Å². The Labute approximate surface area is 411 Å². The van der Waals surface area contributed by atoms with E-state index in [9.17, 15) is 19.5 Å². The third kappa shape index (κ3) is 47.1. The first-order valence-corrected chi connectivity index (χ1v) is 26.8. The van der Waals surface area contributed by atoms with Gasteiger partial charge < -0.3 is 28.6 Å². The number of carbonyl (C=O) groups excluding carboxylic acids is 3. The summed E-state index contributed by atoms with van der Waals surface area (Å²) in [5, 5.41) is 11.7. The van der Waals surface area contributed by atoms with Gasteiger partial charge in [0.05, 0.1) is 40.3 Å². The molecule has 0 saturated carbocycles. The maximum Gasteiger partial charge on any atom is 0.306 e. The Morgan fingerprint density at radius 2 is 0.836 bits per heavy atom. The zero-order chi connectivity index (χ0) is 49.2. The van der Waals surface area contributed by atoms with Crippen LogP contribution in [-0.4, -0.2) is 75.5 Å². The van der Waals surface area contributed by atoms with E-state index >= 15 is 0 Å². The third-order valence-electron chi connectivity index (χ3n) is 11.5. The molecular formula is C59H99NO7. The number of quaternary nitrogens is 1. The van der Waals surface area contributed by atoms with Crippen LogP contribution in [-0.2, 0) is 28.6 Å². The standard InChI is InChI=1S/C59H99NO7/c1-6-8-10-12-14-16-18-20-22-24-26-28-30-31-33-35-37-39-41-43-45-47-49-57(61)66-54-55(53-65-52-51-56(59(63)64)60(3,4)5)67-58(62)50-48-46-44-42-40-38-36-34-32-29-27-25-23-21-19-17-15-13-11-9-7-2/h8,10,14-17,20-23,26-29,34,36,55-56H,6-7,9,11-13,18-19,24-25,30-33,35,37-54H2,1-5H3/b10-8+,16-14+,17-15+,22-20+,23-21+,28-26+,29-27+,36-34+. The fourth-order valence-corrected chi connectivity index (χ4v) is 7.34. The number of allylic oxidation sites excluding steroid dienone is 16. The van der Waals surface area contributed by atoms with Crippen LogP contribution < -0.4 is 5.11 Å². The molecule has 2 unspecified atom stereocenters. The first-order valence-electron chi connectivity index (χ1n) is 26.8. The molecule has 0 aromatic carbocycles. The molecule has 0 N–H and O–H groups in total. The lowest BCUT2D eigenvalue weighted by Gasteiger charge is -2.34. The number of carbonyl (C=O) groups is 3. The van der Waals surface area contributed by atoms with Crippen molar-refractivity contribution in [3.8, 4) is 0 Å². The maximum atomic E-state index is 12.8. The van der Waals surface area contributed by atoms with Crippen LogP contribution in [0.4, 0.5) is 0 Å². The highest BCUT2D eigenvalue weighted by atomic mass is 16.6. The molecule has 0 spiro atoms. The monoisotopic (exact) mass is 934 g/mol. The van der Waals surface area contributed by atoms with E-state index in [1.54, 1.807) is 21.1 Å². The van der Waals surface area contributed by atoms with Gasteiger partial charge in [0.15, 0.2) is 6.10 Å². The lowest BCUT2D eigenvalue weighted by molar-refractivity contribution is -0.889. The van der Waals surface area contributed by atoms with Crippen LogP contribution in [0.2, 0.25) is 0 Å². The van der Waals surface area contributed by atoms with Crippen molar-refractivity contribution < 1.29 is 38.2 Å². The Kier molecular flexibility index (Phi) is 46.0. The molecule has 67 heavy (non-hydrogen) atoms. The van der Waals surface area contributed by atoms with Gasteiger partial charge in [-0.3, -0.25) is 9.59 Å². The van der Waals surface area contributed by atoms with Crippen molar-refractivity contribution in [2.24, 2.45) is 0 Å². The number of hydrogen-bond acceptors (Lipinski definition) is 7. The third-order valence-corrected chi connectivity index (χ3v) is 11.5. The van der Waals surface area contributed by atoms with E-state index in [0.717, 1.165) is 109 Å². The van der Waals surface area contributed by atoms with Crippen molar-refractivity contribution in [2.45, 2.75) is 219 Å². The van der Waals surface area contributed by atoms with E-state index in [1.807, 2.05) is 0 Å². The smallest absolute Gasteiger partial charge is 0.306 e. The summed E-state index contributed by atoms with van der Waals surface area (Å²) in [6.07, 6.45) is 65.8. The Bertz CT molecular complexity index is 1410. The molecule has 0 bridgehead atoms. The zero-order valence-corrected chi connectivity index (χ0v) is 43.5. The van der Waals surface area contributed by atoms with Gasteiger partial charge in [-0.15, -0.1) is 0 Å². The molecule has 0 aliphatic rings. The summed E-state index contributed by atoms with van der Waals surface area (Å²) < 4.78 is 17.2. The van der Waals surface area contributed by atoms with E-state index in [0.29, 0.717) is 12.8 Å². The number of carboxylic acid groups (broad SMARTS) is 1. The summed E-state index contributed by atoms with van der Waals surface area (Å²) in [5.74, 6) is -1.77. The SMILES string of the molecule is CC/C=C/C/C=C/C/C=C/C/C=C/CCCCCCCCCCCC(=O)OCC(COCCC(C(=O)[O-])[N+](C)(C)C)OC(=O)CCCCCCC/C=C/C/C=C/C/C=C/C/C=C/CCCCC. The molecule has 0 aromatic rings. The molecular weight excluding hydrogens is 835 g/mol. The summed E-state index contributed by atoms with van der Waals surface area (Å²) in [4.78, 5) is 37.1. The Morgan fingerprint density at radius 3 is 1.24 bits per heavy atom. The predicted molar refractivity (Wildman–Crippen MR) is 281 cm³/mol. The number of rotatable bonds is 47. The predicted octanol–water partition coefficient (Wildman–Crippen LogP) is 14.5. The van der Waals surface area contributed by atoms with Crippen LogP contribution in [0.15, 0.2) is 97.2 Å². The number of likely N-dealkylation sites (N-methyl/N-ethyl adjacent to an activating group) is 1. The van der Waals surface area contributed by atoms with Gasteiger partial charge in [-0.05, 0) is 96.3 Å². The van der Waals surface area contributed by atoms with Crippen molar-refractivity contribution >= 4 is 17.9 Å². The number of esters is 2. The quantitative estimate of drug-likeness (QED) is 0.0259. The average molecular weight is 934 g/mol. The molecule has 0 aliphatic carbocycles. The van der Waals surface area contributed by atoms with Crippen molar-refractivity contribution in [3.05, 3.63) is 97.2 Å². The van der Waals surface area contributed by atoms with Gasteiger partial charge in [-0.1, -0.05) is 188 Å². The van der Waals surface area contributed by atoms with Gasteiger partial charge in [0.2, 0.25) is 0 Å². The van der Waals surface area contributed by atoms with Crippen LogP contribution >= 0.6 is 0 Å². The zero-order valence-electron chi connectivity index (χ0n) is 43.5. The minimum atomic E-state index is -1.13. The average Bonchev–Trinajstić information content (AvgIpc) is 3.29. The number of carboxylic acids is 1. The van der Waals surface area contributed by atoms with E-state index in [4.69, 9.17) is 14.2 Å². The number of nitrogens with zero attached hydrogens (tertiary/aromatic N) is 1. The molecule has 0 aliphatic heterocycles. The molecule has 382 valence electrons. The second-order valence-corrected chi connectivity index (χ2v) is 18.7. The van der Waals surface area contributed by atoms with Crippen LogP contribution in [0.25, 0.3) is 0 Å². The second-order valence-electron chi connectivity index (χ2n) is 18.7. The molecule has 8 heteroatoms. The first-order chi connectivity index (χ1) is 32.6. The Balaban J connectivity index is 4.29. The van der Waals surface area contributed by atoms with Crippen LogP contribution in [0.5, 0.6) is 0 Å². The van der Waals surface area contributed by atoms with E-state index in [-0.39, 0.29) is 42.7 Å². The fraction of sp³-hybridized carbons (Fsp3) is 0.678. The second kappa shape index (κ2) is 48.7. The largest absolute Gasteiger partial charge is 0.544 e. The molecule has 0 fully saturated rings. The van der Waals surface area contributed by atoms with E-state index in [2.05, 4.69) is 111 Å². The summed E-state index contributed by atoms with van der Waals surface area (Å²) in [7, 11) is 5.40. The lowest BCUT2D eigenvalue weighted by Crippen LogP contribution is -2.55. The van der Waals surface area contributed by atoms with E-state index < -0.39 is 18.1 Å². The topological polar surface area (TPSA) is 102 Å². The molecule has 2 atom stereocenters. The number of hydrogen-bond donors (Lipinski definition) is 0. The van der Waals surface area contributed by atoms with Crippen molar-refractivity contribution in [3.63, 3.8) is 0 Å². The minimum Gasteiger partial charge on any atom is -0.544 e. The Hall–Kier alpha value is -3.75. The van der Waals surface area contributed by atoms with Gasteiger partial charge in [0.25, 0.3) is 0 Å². The molecule has 0 aromatic heterocycles. The number of ether oxygens (including phenoxy) is 3. The lowest BCUT2D eigenvalue weighted by atomic mass is 10.1. The summed E-state index contributed by atoms with van der Waals surface area (Å²) in [6.45, 7) is 4.50. The Morgan fingerprint density at radius 1 is 0.463 bits per heavy atom. The van der Waals surface area contributed by atoms with Gasteiger partial charge in [-0.2, -0.15) is 0 Å². The summed E-state index contributed by atoms with van der Waals surface area (Å²) >= 11 is 0. The van der Waals surface area contributed by atoms with Gasteiger partial charge in [-0.25, -0.2) is 0 Å². The minimum absolute atomic E-state index is 0.0256. The molecule has 0 rings (SSSR count). The van der Waals surface area contributed by atoms with Gasteiger partial charge in [0, 0.05) is 19.3 Å². The van der Waals surface area contributed by atoms with Crippen molar-refractivity contribution in [1.82, 2.24) is 0 Å². The van der Waals surface area contributed by atoms with Gasteiger partial charge in [0.1, 0.15) is 12.6 Å². The fourth-order valence-electron chi connectivity index (χ4n) is 7.34. The highest BCUT2D eigenvalue weighted by Gasteiger charge is 2.25. The normalized spacial score (nSPS) is 13.6. The first kappa shape index (κ1) is 63.2. The molecule has 0 amide bonds. The highest BCUT2D eigenvalue weighted by molar-refractivity contribution is 5.70. The van der Waals surface area contributed by atoms with Gasteiger partial charge >= 0.3 is 11.9 Å². The van der Waals surface area contributed by atoms with Crippen molar-refractivity contribution in [1.29, 1.82) is 0 Å². The maximum absolute atomic E-state index is 12.8. The molecule has 0 saturated heterocycles. The van der Waals surface area contributed by atoms with Crippen LogP contribution in [0, 0.1) is 0 Å². The number of aliphatic carboxylic acids is 1. The summed E-state index contributed by atoms with van der Waals surface area (Å²) in [5.41, 5.74) is 0. The van der Waals surface area contributed by atoms with Crippen LogP contribution in [0.1, 0.15) is 206 Å². The molecule has 0 heterocycles. The molecule has 0 radical (unpaired) electrons. The van der Waals surface area contributed by atoms with Crippen molar-refractivity contribution in [2.75, 3.05) is 41.0 Å². The molecule has 8 nitrogen and oxygen atoms in total. The highest BCUT2D eigenvalue weighted by Crippen LogP contribution is 2.14.